The summed E-state index contributed by atoms with van der Waals surface area (Å²) in [5, 5.41) is 12.0. The first-order chi connectivity index (χ1) is 21.9. The lowest BCUT2D eigenvalue weighted by molar-refractivity contribution is -0.137. The lowest BCUT2D eigenvalue weighted by atomic mass is 10.1. The predicted octanol–water partition coefficient (Wildman–Crippen LogP) is 8.65. The number of ether oxygens (including phenoxy) is 1. The zero-order valence-corrected chi connectivity index (χ0v) is 25.5. The van der Waals surface area contributed by atoms with E-state index >= 15 is 0 Å². The fraction of sp³-hybridized carbons (Fsp3) is 0.156. The minimum atomic E-state index is -4.50. The maximum Gasteiger partial charge on any atom is 0.416 e. The minimum Gasteiger partial charge on any atom is -0.455 e. The van der Waals surface area contributed by atoms with Crippen LogP contribution in [0, 0.1) is 5.82 Å². The maximum absolute atomic E-state index is 13.6. The number of nitrogens with zero attached hydrogens (tertiary/aromatic N) is 4. The van der Waals surface area contributed by atoms with E-state index in [1.54, 1.807) is 30.3 Å². The number of hydrogen-bond acceptors (Lipinski definition) is 8. The van der Waals surface area contributed by atoms with Crippen molar-refractivity contribution in [3.8, 4) is 33.5 Å². The zero-order valence-electron chi connectivity index (χ0n) is 23.9. The van der Waals surface area contributed by atoms with Crippen molar-refractivity contribution in [1.82, 2.24) is 19.7 Å². The molecule has 0 bridgehead atoms. The van der Waals surface area contributed by atoms with Gasteiger partial charge in [-0.05, 0) is 79.6 Å². The van der Waals surface area contributed by atoms with Crippen molar-refractivity contribution in [3.63, 3.8) is 0 Å². The normalized spacial score (nSPS) is 13.7. The van der Waals surface area contributed by atoms with Gasteiger partial charge in [-0.15, -0.1) is 10.2 Å². The summed E-state index contributed by atoms with van der Waals surface area (Å²) in [7, 11) is -3.37. The predicted molar refractivity (Wildman–Crippen MR) is 167 cm³/mol. The van der Waals surface area contributed by atoms with Gasteiger partial charge in [-0.25, -0.2) is 17.8 Å². The molecule has 4 aromatic carbocycles. The highest BCUT2D eigenvalue weighted by Crippen LogP contribution is 2.45. The second kappa shape index (κ2) is 11.2. The summed E-state index contributed by atoms with van der Waals surface area (Å²) in [6, 6.07) is 20.7. The van der Waals surface area contributed by atoms with Crippen LogP contribution in [0.4, 0.5) is 28.4 Å². The lowest BCUT2D eigenvalue weighted by Gasteiger charge is -2.13. The van der Waals surface area contributed by atoms with Gasteiger partial charge in [-0.2, -0.15) is 13.2 Å². The summed E-state index contributed by atoms with van der Waals surface area (Å²) in [4.78, 5) is 5.11. The summed E-state index contributed by atoms with van der Waals surface area (Å²) in [5.74, 6) is 0.983. The molecule has 2 aromatic heterocycles. The second-order valence-electron chi connectivity index (χ2n) is 10.8. The molecule has 234 valence electrons. The molecule has 1 saturated carbocycles. The van der Waals surface area contributed by atoms with Gasteiger partial charge in [0.25, 0.3) is 0 Å². The van der Waals surface area contributed by atoms with Crippen LogP contribution in [0.3, 0.4) is 0 Å². The number of imidazole rings is 1. The van der Waals surface area contributed by atoms with Gasteiger partial charge in [0.1, 0.15) is 22.4 Å². The van der Waals surface area contributed by atoms with E-state index in [2.05, 4.69) is 20.1 Å². The summed E-state index contributed by atoms with van der Waals surface area (Å²) >= 11 is 1.07. The Morgan fingerprint density at radius 3 is 2.35 bits per heavy atom. The Bertz CT molecular complexity index is 2190. The molecule has 0 radical (unpaired) electrons. The molecule has 0 saturated heterocycles. The molecule has 1 aliphatic rings. The van der Waals surface area contributed by atoms with Crippen LogP contribution in [0.1, 0.15) is 24.4 Å². The zero-order chi connectivity index (χ0) is 32.2. The van der Waals surface area contributed by atoms with Gasteiger partial charge in [0.2, 0.25) is 5.13 Å². The average Bonchev–Trinajstić information content (AvgIpc) is 3.63. The largest absolute Gasteiger partial charge is 0.455 e. The molecule has 0 spiro atoms. The SMILES string of the molecule is CS(=O)(=O)c1ccc(-c2nc3cc(Nc4nnc(-c5cccc(C(F)(F)F)c5)s4)c(Oc4ccc(F)cc4)cc3n2C2CC2)cc1. The number of benzene rings is 4. The number of fused-ring (bicyclic) bond motifs is 1. The van der Waals surface area contributed by atoms with Crippen LogP contribution < -0.4 is 10.1 Å². The molecule has 1 N–H and O–H groups in total. The molecule has 0 atom stereocenters. The highest BCUT2D eigenvalue weighted by molar-refractivity contribution is 7.90. The molecule has 1 aliphatic carbocycles. The molecule has 8 nitrogen and oxygen atoms in total. The third-order valence-corrected chi connectivity index (χ3v) is 9.40. The third kappa shape index (κ3) is 6.05. The molecule has 14 heteroatoms. The van der Waals surface area contributed by atoms with Crippen molar-refractivity contribution in [2.45, 2.75) is 30.0 Å². The van der Waals surface area contributed by atoms with E-state index in [1.807, 2.05) is 6.07 Å². The Balaban J connectivity index is 1.30. The van der Waals surface area contributed by atoms with E-state index in [1.165, 1.54) is 36.4 Å². The number of halogens is 4. The molecule has 0 unspecified atom stereocenters. The van der Waals surface area contributed by atoms with Gasteiger partial charge in [0.15, 0.2) is 15.6 Å². The lowest BCUT2D eigenvalue weighted by Crippen LogP contribution is -2.04. The summed E-state index contributed by atoms with van der Waals surface area (Å²) in [5.41, 5.74) is 2.06. The molecule has 6 aromatic rings. The molecule has 0 amide bonds. The van der Waals surface area contributed by atoms with Gasteiger partial charge in [-0.3, -0.25) is 0 Å². The smallest absolute Gasteiger partial charge is 0.416 e. The highest BCUT2D eigenvalue weighted by Gasteiger charge is 2.31. The first-order valence-corrected chi connectivity index (χ1v) is 16.7. The van der Waals surface area contributed by atoms with Gasteiger partial charge in [-0.1, -0.05) is 23.5 Å². The number of rotatable bonds is 8. The van der Waals surface area contributed by atoms with E-state index < -0.39 is 27.4 Å². The standard InChI is InChI=1S/C32H23F4N5O3S2/c1-46(42,43)24-13-5-18(6-14-24)29-37-25-16-26(38-31-40-39-30(45-31)19-3-2-4-20(15-19)32(34,35)36)28(17-27(25)41(29)22-9-10-22)44-23-11-7-21(33)8-12-23/h2-8,11-17,22H,9-10H2,1H3,(H,38,40). The summed E-state index contributed by atoms with van der Waals surface area (Å²) < 4.78 is 85.9. The third-order valence-electron chi connectivity index (χ3n) is 7.39. The molecule has 0 aliphatic heterocycles. The molecule has 1 fully saturated rings. The topological polar surface area (TPSA) is 99.0 Å². The van der Waals surface area contributed by atoms with E-state index in [0.717, 1.165) is 53.6 Å². The van der Waals surface area contributed by atoms with Crippen LogP contribution >= 0.6 is 11.3 Å². The van der Waals surface area contributed by atoms with E-state index in [0.29, 0.717) is 33.7 Å². The first-order valence-electron chi connectivity index (χ1n) is 14.0. The number of sulfone groups is 1. The van der Waals surface area contributed by atoms with Crippen molar-refractivity contribution in [2.75, 3.05) is 11.6 Å². The van der Waals surface area contributed by atoms with Crippen molar-refractivity contribution in [1.29, 1.82) is 0 Å². The van der Waals surface area contributed by atoms with Crippen LogP contribution in [-0.4, -0.2) is 34.4 Å². The fourth-order valence-corrected chi connectivity index (χ4v) is 6.41. The van der Waals surface area contributed by atoms with Crippen molar-refractivity contribution < 1.29 is 30.7 Å². The van der Waals surface area contributed by atoms with E-state index in [9.17, 15) is 26.0 Å². The molecule has 7 rings (SSSR count). The monoisotopic (exact) mass is 665 g/mol. The number of nitrogens with one attached hydrogen (secondary N) is 1. The molecular formula is C32H23F4N5O3S2. The van der Waals surface area contributed by atoms with Crippen molar-refractivity contribution in [2.24, 2.45) is 0 Å². The first kappa shape index (κ1) is 29.9. The van der Waals surface area contributed by atoms with E-state index in [4.69, 9.17) is 9.72 Å². The number of alkyl halides is 3. The quantitative estimate of drug-likeness (QED) is 0.163. The Morgan fingerprint density at radius 2 is 1.67 bits per heavy atom. The molecule has 46 heavy (non-hydrogen) atoms. The highest BCUT2D eigenvalue weighted by atomic mass is 32.2. The van der Waals surface area contributed by atoms with Crippen LogP contribution in [0.5, 0.6) is 11.5 Å². The number of hydrogen-bond donors (Lipinski definition) is 1. The van der Waals surface area contributed by atoms with Crippen molar-refractivity contribution in [3.05, 3.63) is 96.3 Å². The van der Waals surface area contributed by atoms with Gasteiger partial charge in [0.05, 0.1) is 27.2 Å². The van der Waals surface area contributed by atoms with E-state index in [-0.39, 0.29) is 21.5 Å². The number of aromatic nitrogens is 4. The van der Waals surface area contributed by atoms with Gasteiger partial charge >= 0.3 is 6.18 Å². The van der Waals surface area contributed by atoms with Crippen molar-refractivity contribution >= 4 is 43.0 Å². The van der Waals surface area contributed by atoms with Gasteiger partial charge < -0.3 is 14.6 Å². The number of anilines is 2. The maximum atomic E-state index is 13.6. The van der Waals surface area contributed by atoms with Gasteiger partial charge in [0, 0.05) is 29.5 Å². The fourth-order valence-electron chi connectivity index (χ4n) is 5.03. The minimum absolute atomic E-state index is 0.185. The Labute approximate surface area is 264 Å². The second-order valence-corrected chi connectivity index (χ2v) is 13.8. The van der Waals surface area contributed by atoms with Crippen LogP contribution in [0.25, 0.3) is 33.0 Å². The average molecular weight is 666 g/mol. The molecule has 2 heterocycles. The molecular weight excluding hydrogens is 643 g/mol. The summed E-state index contributed by atoms with van der Waals surface area (Å²) in [6.07, 6.45) is -1.46. The van der Waals surface area contributed by atoms with Crippen LogP contribution in [0.15, 0.2) is 89.8 Å². The Morgan fingerprint density at radius 1 is 0.935 bits per heavy atom. The van der Waals surface area contributed by atoms with Crippen LogP contribution in [0.2, 0.25) is 0 Å². The summed E-state index contributed by atoms with van der Waals surface area (Å²) in [6.45, 7) is 0. The Hall–Kier alpha value is -4.82. The Kier molecular flexibility index (Phi) is 7.28. The van der Waals surface area contributed by atoms with Crippen LogP contribution in [-0.2, 0) is 16.0 Å².